The van der Waals surface area contributed by atoms with E-state index in [-0.39, 0.29) is 41.6 Å². The van der Waals surface area contributed by atoms with Gasteiger partial charge in [-0.2, -0.15) is 4.31 Å². The molecule has 1 aliphatic rings. The number of aliphatic hydroxyl groups excluding tert-OH is 2. The van der Waals surface area contributed by atoms with Gasteiger partial charge in [-0.15, -0.1) is 11.8 Å². The lowest BCUT2D eigenvalue weighted by Gasteiger charge is -2.30. The smallest absolute Gasteiger partial charge is 0.386 e. The monoisotopic (exact) mass is 973 g/mol. The van der Waals surface area contributed by atoms with Crippen molar-refractivity contribution in [2.45, 2.75) is 122 Å². The molecule has 63 heavy (non-hydrogen) atoms. The van der Waals surface area contributed by atoms with Gasteiger partial charge in [-0.05, 0) is 19.3 Å². The number of aliphatic hydroxyl groups is 2. The number of carbonyl (C=O) groups is 3. The minimum atomic E-state index is -5.57. The van der Waals surface area contributed by atoms with E-state index in [2.05, 4.69) is 53.2 Å². The number of unbranched alkanes of at least 4 members (excludes halogenated alkanes) is 7. The number of phosphoric ester groups is 3. The number of carbonyl (C=O) groups excluding carboxylic acids is 3. The summed E-state index contributed by atoms with van der Waals surface area (Å²) in [6.45, 7) is 2.71. The number of nitrogens with two attached hydrogens (primary N) is 1. The Labute approximate surface area is 368 Å². The van der Waals surface area contributed by atoms with Gasteiger partial charge in [0.1, 0.15) is 36.3 Å². The molecule has 2 amide bonds. The van der Waals surface area contributed by atoms with E-state index >= 15 is 0 Å². The number of imidazole rings is 1. The summed E-state index contributed by atoms with van der Waals surface area (Å²) >= 11 is 1.12. The number of anilines is 1. The van der Waals surface area contributed by atoms with Crippen LogP contribution >= 0.6 is 35.2 Å². The lowest BCUT2D eigenvalue weighted by molar-refractivity contribution is -0.137. The Bertz CT molecular complexity index is 2030. The van der Waals surface area contributed by atoms with Gasteiger partial charge in [0.2, 0.25) is 11.8 Å². The first-order chi connectivity index (χ1) is 29.6. The van der Waals surface area contributed by atoms with E-state index in [1.54, 1.807) is 0 Å². The minimum absolute atomic E-state index is 0.0186. The maximum atomic E-state index is 12.7. The van der Waals surface area contributed by atoms with Crippen molar-refractivity contribution in [2.24, 2.45) is 5.41 Å². The van der Waals surface area contributed by atoms with E-state index < -0.39 is 84.6 Å². The third-order valence-corrected chi connectivity index (χ3v) is 13.3. The molecular formula is C35H58N7O17P3S. The number of amides is 2. The molecule has 28 heteroatoms. The first-order valence-electron chi connectivity index (χ1n) is 20.1. The predicted molar refractivity (Wildman–Crippen MR) is 227 cm³/mol. The van der Waals surface area contributed by atoms with Crippen molar-refractivity contribution in [3.05, 3.63) is 12.7 Å². The van der Waals surface area contributed by atoms with Gasteiger partial charge in [-0.1, -0.05) is 58.2 Å². The Kier molecular flexibility index (Phi) is 22.2. The molecule has 2 unspecified atom stereocenters. The number of hydrogen-bond donors (Lipinski definition) is 9. The summed E-state index contributed by atoms with van der Waals surface area (Å²) in [5.41, 5.74) is 4.27. The number of phosphoric acid groups is 3. The lowest BCUT2D eigenvalue weighted by atomic mass is 9.87. The van der Waals surface area contributed by atoms with Crippen molar-refractivity contribution in [2.75, 3.05) is 37.8 Å². The molecule has 0 aliphatic carbocycles. The van der Waals surface area contributed by atoms with Crippen molar-refractivity contribution in [1.82, 2.24) is 30.2 Å². The quantitative estimate of drug-likeness (QED) is 0.0336. The van der Waals surface area contributed by atoms with E-state index in [0.29, 0.717) is 12.2 Å². The Morgan fingerprint density at radius 1 is 0.952 bits per heavy atom. The summed E-state index contributed by atoms with van der Waals surface area (Å²) in [6, 6.07) is 0. The highest BCUT2D eigenvalue weighted by atomic mass is 32.2. The molecule has 3 heterocycles. The lowest BCUT2D eigenvalue weighted by Crippen LogP contribution is -2.46. The van der Waals surface area contributed by atoms with Gasteiger partial charge in [-0.3, -0.25) is 32.5 Å². The largest absolute Gasteiger partial charge is 0.481 e. The highest BCUT2D eigenvalue weighted by Gasteiger charge is 2.50. The van der Waals surface area contributed by atoms with Crippen molar-refractivity contribution < 1.29 is 80.5 Å². The highest BCUT2D eigenvalue weighted by Crippen LogP contribution is 2.61. The van der Waals surface area contributed by atoms with E-state index in [1.165, 1.54) is 39.5 Å². The molecule has 0 bridgehead atoms. The van der Waals surface area contributed by atoms with E-state index in [9.17, 15) is 57.9 Å². The van der Waals surface area contributed by atoms with Crippen molar-refractivity contribution >= 4 is 69.1 Å². The van der Waals surface area contributed by atoms with Crippen LogP contribution in [0.5, 0.6) is 0 Å². The van der Waals surface area contributed by atoms with Gasteiger partial charge in [0, 0.05) is 49.9 Å². The summed E-state index contributed by atoms with van der Waals surface area (Å²) in [5, 5.41) is 26.5. The van der Waals surface area contributed by atoms with Crippen LogP contribution in [0.2, 0.25) is 0 Å². The van der Waals surface area contributed by atoms with E-state index in [0.717, 1.165) is 61.1 Å². The average Bonchev–Trinajstić information content (AvgIpc) is 3.76. The minimum Gasteiger partial charge on any atom is -0.386 e. The van der Waals surface area contributed by atoms with Gasteiger partial charge in [0.25, 0.3) is 0 Å². The summed E-state index contributed by atoms with van der Waals surface area (Å²) in [7, 11) is -16.4. The summed E-state index contributed by atoms with van der Waals surface area (Å²) in [4.78, 5) is 88.1. The number of rotatable bonds is 28. The van der Waals surface area contributed by atoms with Crippen molar-refractivity contribution in [3.8, 4) is 11.8 Å². The number of aromatic nitrogens is 4. The van der Waals surface area contributed by atoms with Crippen LogP contribution in [0, 0.1) is 17.3 Å². The first-order valence-corrected chi connectivity index (χ1v) is 25.6. The topological polar surface area (TPSA) is 364 Å². The molecule has 7 atom stereocenters. The van der Waals surface area contributed by atoms with Crippen LogP contribution in [0.15, 0.2) is 12.7 Å². The number of nitrogens with one attached hydrogen (secondary N) is 2. The van der Waals surface area contributed by atoms with Crippen LogP contribution in [0.25, 0.3) is 11.2 Å². The maximum absolute atomic E-state index is 12.7. The second-order valence-corrected chi connectivity index (χ2v) is 20.4. The predicted octanol–water partition coefficient (Wildman–Crippen LogP) is 2.59. The average molecular weight is 974 g/mol. The zero-order chi connectivity index (χ0) is 46.8. The fourth-order valence-electron chi connectivity index (χ4n) is 5.84. The Morgan fingerprint density at radius 2 is 1.62 bits per heavy atom. The first kappa shape index (κ1) is 54.5. The SMILES string of the molecule is CCCCCCCC#CCCCCC(=O)SCCNC(=O)CCNC(=O)[C@H](O)C(C)(C)COP(=O)(O)OP(=O)(O)OC[C@H]1O[C@@H](n2cnc3c(N)ncnc32)[C@H](O)[C@@H]1OP(=O)(O)O. The summed E-state index contributed by atoms with van der Waals surface area (Å²) in [5.74, 6) is 5.27. The van der Waals surface area contributed by atoms with E-state index in [1.807, 2.05) is 0 Å². The molecule has 1 aliphatic heterocycles. The van der Waals surface area contributed by atoms with Crippen molar-refractivity contribution in [3.63, 3.8) is 0 Å². The fraction of sp³-hybridized carbons (Fsp3) is 0.714. The molecule has 1 saturated heterocycles. The standard InChI is InChI=1S/C35H58N7O17P3S/c1-4-5-6-7-8-9-10-11-12-13-14-15-26(44)63-19-18-37-25(43)16-17-38-33(47)30(46)35(2,3)21-56-62(53,54)59-61(51,52)55-20-24-29(58-60(48,49)50)28(45)34(57-24)42-23-41-27-31(36)39-22-40-32(27)42/h22-24,28-30,34,45-46H,4-9,12-21H2,1-3H3,(H,37,43)(H,38,47)(H,51,52)(H,53,54)(H2,36,39,40)(H2,48,49,50)/t24-,28-,29-,30+,34-/m1/s1. The Hall–Kier alpha value is -2.88. The van der Waals surface area contributed by atoms with Crippen LogP contribution in [-0.4, -0.2) is 123 Å². The zero-order valence-electron chi connectivity index (χ0n) is 35.1. The molecule has 10 N–H and O–H groups in total. The number of ether oxygens (including phenoxy) is 1. The van der Waals surface area contributed by atoms with Crippen LogP contribution in [0.3, 0.4) is 0 Å². The maximum Gasteiger partial charge on any atom is 0.481 e. The van der Waals surface area contributed by atoms with Crippen LogP contribution in [-0.2, 0) is 50.7 Å². The van der Waals surface area contributed by atoms with Gasteiger partial charge in [0.15, 0.2) is 22.8 Å². The van der Waals surface area contributed by atoms with Crippen LogP contribution < -0.4 is 16.4 Å². The molecule has 356 valence electrons. The highest BCUT2D eigenvalue weighted by molar-refractivity contribution is 8.13. The molecule has 0 radical (unpaired) electrons. The molecular weight excluding hydrogens is 915 g/mol. The third-order valence-electron chi connectivity index (χ3n) is 9.23. The van der Waals surface area contributed by atoms with Crippen LogP contribution in [0.4, 0.5) is 5.82 Å². The van der Waals surface area contributed by atoms with Gasteiger partial charge >= 0.3 is 23.5 Å². The molecule has 24 nitrogen and oxygen atoms in total. The molecule has 1 fully saturated rings. The van der Waals surface area contributed by atoms with Gasteiger partial charge in [-0.25, -0.2) is 28.6 Å². The number of hydrogen-bond acceptors (Lipinski definition) is 18. The molecule has 2 aromatic heterocycles. The molecule has 3 rings (SSSR count). The summed E-state index contributed by atoms with van der Waals surface area (Å²) < 4.78 is 62.3. The second kappa shape index (κ2) is 25.7. The fourth-order valence-corrected chi connectivity index (χ4v) is 9.39. The normalized spacial score (nSPS) is 20.3. The third kappa shape index (κ3) is 19.2. The van der Waals surface area contributed by atoms with Crippen LogP contribution in [0.1, 0.15) is 97.6 Å². The second-order valence-electron chi connectivity index (χ2n) is 15.0. The molecule has 0 saturated carbocycles. The Balaban J connectivity index is 1.37. The molecule has 0 aromatic carbocycles. The number of nitrogen functional groups attached to an aromatic ring is 1. The van der Waals surface area contributed by atoms with Gasteiger partial charge < -0.3 is 50.9 Å². The van der Waals surface area contributed by atoms with Crippen molar-refractivity contribution in [1.29, 1.82) is 0 Å². The number of fused-ring (bicyclic) bond motifs is 1. The van der Waals surface area contributed by atoms with Gasteiger partial charge in [0.05, 0.1) is 19.5 Å². The summed E-state index contributed by atoms with van der Waals surface area (Å²) in [6.07, 6.45) is 2.80. The van der Waals surface area contributed by atoms with E-state index in [4.69, 9.17) is 19.5 Å². The Morgan fingerprint density at radius 3 is 2.30 bits per heavy atom. The molecule has 2 aromatic rings. The molecule has 0 spiro atoms. The number of thioether (sulfide) groups is 1. The zero-order valence-corrected chi connectivity index (χ0v) is 38.6. The number of nitrogens with zero attached hydrogens (tertiary/aromatic N) is 4.